The molecular weight excluding hydrogens is 1220 g/mol. The molecule has 3 aliphatic heterocycles. The first-order chi connectivity index (χ1) is 43.2. The first kappa shape index (κ1) is 72.7. The van der Waals surface area contributed by atoms with Crippen LogP contribution in [-0.2, 0) is 68.2 Å². The third-order valence-corrected chi connectivity index (χ3v) is 19.0. The van der Waals surface area contributed by atoms with Crippen molar-refractivity contribution in [2.45, 2.75) is 215 Å². The molecule has 4 fully saturated rings. The van der Waals surface area contributed by atoms with Gasteiger partial charge in [-0.1, -0.05) is 81.0 Å². The molecule has 3 saturated heterocycles. The predicted molar refractivity (Wildman–Crippen MR) is 335 cm³/mol. The van der Waals surface area contributed by atoms with Crippen molar-refractivity contribution in [2.75, 3.05) is 18.8 Å². The first-order valence-electron chi connectivity index (χ1n) is 31.3. The minimum atomic E-state index is -5.38. The van der Waals surface area contributed by atoms with E-state index in [1.807, 2.05) is 30.0 Å². The number of hydrogen-bond acceptors (Lipinski definition) is 15. The van der Waals surface area contributed by atoms with Crippen LogP contribution in [0.15, 0.2) is 42.5 Å². The van der Waals surface area contributed by atoms with Gasteiger partial charge in [-0.05, 0) is 101 Å². The van der Waals surface area contributed by atoms with E-state index < -0.39 is 121 Å². The molecule has 0 unspecified atom stereocenters. The highest BCUT2D eigenvalue weighted by molar-refractivity contribution is 8.00. The van der Waals surface area contributed by atoms with Crippen LogP contribution in [0.2, 0.25) is 0 Å². The zero-order chi connectivity index (χ0) is 66.5. The van der Waals surface area contributed by atoms with E-state index in [0.717, 1.165) is 73.3 Å². The van der Waals surface area contributed by atoms with Crippen LogP contribution in [0.4, 0.5) is 4.79 Å². The fraction of sp³-hybridized carbons (Fsp3) is 0.633. The highest BCUT2D eigenvalue weighted by atomic mass is 32.2. The Balaban J connectivity index is 1.09. The average Bonchev–Trinajstić information content (AvgIpc) is 1.87. The lowest BCUT2D eigenvalue weighted by molar-refractivity contribution is -0.144. The lowest BCUT2D eigenvalue weighted by Gasteiger charge is -2.33. The fourth-order valence-corrected chi connectivity index (χ4v) is 14.1. The number of nitrogens with zero attached hydrogens (tertiary/aromatic N) is 1. The van der Waals surface area contributed by atoms with Gasteiger partial charge >= 0.3 is 13.9 Å². The van der Waals surface area contributed by atoms with E-state index in [9.17, 15) is 71.9 Å². The van der Waals surface area contributed by atoms with Gasteiger partial charge in [0, 0.05) is 50.3 Å². The zero-order valence-electron chi connectivity index (χ0n) is 52.0. The summed E-state index contributed by atoms with van der Waals surface area (Å²) in [5, 5.41) is 28.8. The maximum atomic E-state index is 14.8. The second kappa shape index (κ2) is 34.9. The third kappa shape index (κ3) is 23.0. The molecule has 3 heterocycles. The van der Waals surface area contributed by atoms with Gasteiger partial charge in [0.2, 0.25) is 65.0 Å². The summed E-state index contributed by atoms with van der Waals surface area (Å²) < 4.78 is 17.3. The number of primary amides is 2. The number of unbranched alkanes of at least 4 members (excludes halogenated alkanes) is 2. The number of thioether (sulfide) groups is 1. The number of carbonyl (C=O) groups excluding carboxylic acids is 12. The van der Waals surface area contributed by atoms with E-state index in [2.05, 4.69) is 53.2 Å². The molecule has 0 radical (unpaired) electrons. The Morgan fingerprint density at radius 1 is 0.703 bits per heavy atom. The smallest absolute Gasteiger partial charge is 0.370 e. The standard InChI is InChI=1S/C60H90N13O16PS/c1-33(65-55(80)42(66-36(4)74)19-12-13-27-63-49(76)22-11-10-21-47-51-45(32-91-47)70-60(85)72-51)53(78)64-34(2)54(79)68-44(31-38-23-24-39-17-8-9-18-40(39)29-38)57(82)71-50(35(3)89-90(86,87)88)59(84)73-28-14-20-46(73)58(83)69-43(30-37-15-6-5-7-16-37)56(81)67-41(52(62)77)25-26-48(61)75/h8-9,17-18,23-24,29,33-35,37,41-47,50-51H,5-7,10-16,19-22,25-28,30-32H2,1-4H3,(H2,61,75)(H2,62,77)(H,63,76)(H,64,78)(H,65,80)(H,66,74)(H,67,81)(H,68,79)(H,69,83)(H,71,82)(H2,70,72,85)(H2,86,87,88)/t33-,34-,35-,41-,42-,43-,44-,45-,46-,47-,50-,51-/m0/s1. The molecule has 31 heteroatoms. The van der Waals surface area contributed by atoms with Crippen molar-refractivity contribution >= 4 is 101 Å². The Hall–Kier alpha value is -7.40. The molecule has 13 amide bonds. The van der Waals surface area contributed by atoms with Crippen molar-refractivity contribution in [1.29, 1.82) is 0 Å². The number of phosphoric ester groups is 1. The Morgan fingerprint density at radius 3 is 2.04 bits per heavy atom. The molecule has 1 aliphatic carbocycles. The average molecular weight is 1310 g/mol. The van der Waals surface area contributed by atoms with Crippen molar-refractivity contribution in [1.82, 2.24) is 58.1 Å². The topological polar surface area (TPSA) is 447 Å². The van der Waals surface area contributed by atoms with E-state index >= 15 is 0 Å². The molecule has 1 saturated carbocycles. The number of urea groups is 1. The van der Waals surface area contributed by atoms with Crippen LogP contribution >= 0.6 is 19.6 Å². The van der Waals surface area contributed by atoms with Gasteiger partial charge in [-0.3, -0.25) is 57.3 Å². The molecule has 6 rings (SSSR count). The van der Waals surface area contributed by atoms with Crippen LogP contribution in [0.3, 0.4) is 0 Å². The SMILES string of the molecule is CC(=O)N[C@@H](CCCCNC(=O)CCCC[C@@H]1SC[C@@H]2NC(=O)N[C@@H]21)C(=O)N[C@@H](C)C(=O)N[C@@H](C)C(=O)N[C@@H](Cc1ccc2ccccc2c1)C(=O)N[C@H](C(=O)N1CCC[C@H]1C(=O)N[C@@H](CC1CCCCC1)C(=O)N[C@@H](CCC(N)=O)C(N)=O)[C@H](C)OP(=O)(O)O. The molecule has 4 aliphatic rings. The second-order valence-electron chi connectivity index (χ2n) is 24.1. The maximum Gasteiger partial charge on any atom is 0.469 e. The number of rotatable bonds is 35. The summed E-state index contributed by atoms with van der Waals surface area (Å²) in [6, 6.07) is 1.66. The highest BCUT2D eigenvalue weighted by Crippen LogP contribution is 2.39. The minimum Gasteiger partial charge on any atom is -0.370 e. The lowest BCUT2D eigenvalue weighted by atomic mass is 9.84. The van der Waals surface area contributed by atoms with Crippen molar-refractivity contribution in [2.24, 2.45) is 17.4 Å². The lowest BCUT2D eigenvalue weighted by Crippen LogP contribution is -2.62. The van der Waals surface area contributed by atoms with Crippen LogP contribution < -0.4 is 64.6 Å². The number of likely N-dealkylation sites (tertiary alicyclic amines) is 1. The highest BCUT2D eigenvalue weighted by Gasteiger charge is 2.45. The minimum absolute atomic E-state index is 0.0000111. The number of nitrogens with two attached hydrogens (primary N) is 2. The van der Waals surface area contributed by atoms with Crippen molar-refractivity contribution < 1.29 is 76.4 Å². The van der Waals surface area contributed by atoms with Gasteiger partial charge in [-0.2, -0.15) is 11.8 Å². The van der Waals surface area contributed by atoms with Gasteiger partial charge in [0.25, 0.3) is 0 Å². The summed E-state index contributed by atoms with van der Waals surface area (Å²) in [5.41, 5.74) is 11.4. The monoisotopic (exact) mass is 1310 g/mol. The van der Waals surface area contributed by atoms with Gasteiger partial charge in [0.1, 0.15) is 48.3 Å². The van der Waals surface area contributed by atoms with Gasteiger partial charge in [-0.25, -0.2) is 9.36 Å². The number of fused-ring (bicyclic) bond motifs is 2. The molecule has 12 atom stereocenters. The van der Waals surface area contributed by atoms with Crippen molar-refractivity contribution in [3.63, 3.8) is 0 Å². The molecule has 91 heavy (non-hydrogen) atoms. The van der Waals surface area contributed by atoms with Crippen LogP contribution in [-0.4, -0.2) is 176 Å². The Bertz CT molecular complexity index is 3010. The van der Waals surface area contributed by atoms with Gasteiger partial charge in [-0.15, -0.1) is 0 Å². The normalized spacial score (nSPS) is 20.7. The molecule has 29 nitrogen and oxygen atoms in total. The Kier molecular flexibility index (Phi) is 27.8. The number of carbonyl (C=O) groups is 12. The zero-order valence-corrected chi connectivity index (χ0v) is 53.7. The van der Waals surface area contributed by atoms with E-state index in [-0.39, 0.29) is 81.4 Å². The number of nitrogens with one attached hydrogen (secondary N) is 10. The molecule has 2 aromatic rings. The fourth-order valence-electron chi connectivity index (χ4n) is 12.0. The molecule has 0 spiro atoms. The molecule has 502 valence electrons. The summed E-state index contributed by atoms with van der Waals surface area (Å²) in [6.07, 6.45) is 6.04. The predicted octanol–water partition coefficient (Wildman–Crippen LogP) is 0.0579. The molecule has 2 aromatic carbocycles. The third-order valence-electron chi connectivity index (χ3n) is 16.8. The van der Waals surface area contributed by atoms with Crippen LogP contribution in [0, 0.1) is 5.92 Å². The summed E-state index contributed by atoms with van der Waals surface area (Å²) >= 11 is 1.82. The van der Waals surface area contributed by atoms with Crippen LogP contribution in [0.5, 0.6) is 0 Å². The molecular formula is C60H90N13O16PS. The Morgan fingerprint density at radius 2 is 1.36 bits per heavy atom. The summed E-state index contributed by atoms with van der Waals surface area (Å²) in [6.45, 7) is 5.27. The summed E-state index contributed by atoms with van der Waals surface area (Å²) in [7, 11) is -5.38. The number of hydrogen-bond donors (Lipinski definition) is 14. The summed E-state index contributed by atoms with van der Waals surface area (Å²) in [5.74, 6) is -7.45. The van der Waals surface area contributed by atoms with Gasteiger partial charge in [0.15, 0.2) is 0 Å². The molecule has 0 bridgehead atoms. The van der Waals surface area contributed by atoms with Gasteiger partial charge < -0.3 is 79.3 Å². The second-order valence-corrected chi connectivity index (χ2v) is 26.6. The Labute approximate surface area is 533 Å². The first-order valence-corrected chi connectivity index (χ1v) is 33.9. The maximum absolute atomic E-state index is 14.8. The number of amides is 13. The van der Waals surface area contributed by atoms with Crippen molar-refractivity contribution in [3.05, 3.63) is 48.0 Å². The van der Waals surface area contributed by atoms with Gasteiger partial charge in [0.05, 0.1) is 18.2 Å². The van der Waals surface area contributed by atoms with Crippen LogP contribution in [0.25, 0.3) is 10.8 Å². The van der Waals surface area contributed by atoms with E-state index in [0.29, 0.717) is 43.0 Å². The van der Waals surface area contributed by atoms with E-state index in [1.165, 1.54) is 20.8 Å². The van der Waals surface area contributed by atoms with Crippen LogP contribution in [0.1, 0.15) is 142 Å². The molecule has 0 aromatic heterocycles. The van der Waals surface area contributed by atoms with E-state index in [1.54, 1.807) is 24.3 Å². The van der Waals surface area contributed by atoms with Crippen molar-refractivity contribution in [3.8, 4) is 0 Å². The largest absolute Gasteiger partial charge is 0.469 e. The number of benzene rings is 2. The summed E-state index contributed by atoms with van der Waals surface area (Å²) in [4.78, 5) is 181. The number of phosphoric acid groups is 1. The quantitative estimate of drug-likeness (QED) is 0.0246. The van der Waals surface area contributed by atoms with E-state index in [4.69, 9.17) is 16.0 Å². The molecule has 16 N–H and O–H groups in total.